The maximum absolute atomic E-state index is 11.8. The van der Waals surface area contributed by atoms with Crippen LogP contribution in [0.2, 0.25) is 0 Å². The Morgan fingerprint density at radius 3 is 2.57 bits per heavy atom. The minimum absolute atomic E-state index is 0.264. The summed E-state index contributed by atoms with van der Waals surface area (Å²) in [6.45, 7) is 4.30. The third kappa shape index (κ3) is 3.16. The lowest BCUT2D eigenvalue weighted by Gasteiger charge is -2.14. The summed E-state index contributed by atoms with van der Waals surface area (Å²) in [5.41, 5.74) is 9.58. The van der Waals surface area contributed by atoms with Crippen LogP contribution >= 0.6 is 0 Å². The molecule has 0 unspecified atom stereocenters. The van der Waals surface area contributed by atoms with E-state index in [2.05, 4.69) is 0 Å². The second-order valence-corrected chi connectivity index (χ2v) is 4.86. The van der Waals surface area contributed by atoms with Crippen molar-refractivity contribution in [1.82, 2.24) is 0 Å². The lowest BCUT2D eigenvalue weighted by molar-refractivity contribution is 0.0599. The molecular formula is C17H19NO3. The molecular weight excluding hydrogens is 266 g/mol. The molecule has 2 aromatic carbocycles. The predicted molar refractivity (Wildman–Crippen MR) is 82.4 cm³/mol. The van der Waals surface area contributed by atoms with Gasteiger partial charge in [-0.1, -0.05) is 24.3 Å². The number of nitrogens with two attached hydrogens (primary N) is 1. The van der Waals surface area contributed by atoms with Gasteiger partial charge >= 0.3 is 5.97 Å². The molecule has 0 aromatic heterocycles. The maximum Gasteiger partial charge on any atom is 0.340 e. The van der Waals surface area contributed by atoms with Crippen molar-refractivity contribution in [2.75, 3.05) is 12.8 Å². The van der Waals surface area contributed by atoms with Gasteiger partial charge in [0, 0.05) is 11.3 Å². The summed E-state index contributed by atoms with van der Waals surface area (Å²) in [7, 11) is 1.34. The molecule has 2 rings (SSSR count). The van der Waals surface area contributed by atoms with Crippen molar-refractivity contribution < 1.29 is 14.3 Å². The van der Waals surface area contributed by atoms with Crippen LogP contribution in [0.4, 0.5) is 5.69 Å². The van der Waals surface area contributed by atoms with E-state index in [1.54, 1.807) is 12.1 Å². The van der Waals surface area contributed by atoms with Crippen LogP contribution < -0.4 is 10.5 Å². The fourth-order valence-electron chi connectivity index (χ4n) is 2.13. The lowest BCUT2D eigenvalue weighted by Crippen LogP contribution is -2.11. The number of benzene rings is 2. The Bertz CT molecular complexity index is 665. The number of hydrogen-bond acceptors (Lipinski definition) is 4. The topological polar surface area (TPSA) is 61.5 Å². The predicted octanol–water partition coefficient (Wildman–Crippen LogP) is 3.25. The highest BCUT2D eigenvalue weighted by Crippen LogP contribution is 2.24. The first-order valence-electron chi connectivity index (χ1n) is 6.69. The Labute approximate surface area is 124 Å². The second kappa shape index (κ2) is 6.31. The third-order valence-corrected chi connectivity index (χ3v) is 3.51. The summed E-state index contributed by atoms with van der Waals surface area (Å²) in [6.07, 6.45) is 0. The number of methoxy groups -OCH3 is 1. The van der Waals surface area contributed by atoms with Crippen molar-refractivity contribution in [3.8, 4) is 5.75 Å². The Balaban J connectivity index is 2.26. The summed E-state index contributed by atoms with van der Waals surface area (Å²) < 4.78 is 10.6. The zero-order chi connectivity index (χ0) is 15.4. The van der Waals surface area contributed by atoms with E-state index in [1.165, 1.54) is 7.11 Å². The van der Waals surface area contributed by atoms with Gasteiger partial charge in [0.15, 0.2) is 0 Å². The van der Waals surface area contributed by atoms with Crippen LogP contribution in [0.15, 0.2) is 36.4 Å². The second-order valence-electron chi connectivity index (χ2n) is 4.86. The molecule has 0 aliphatic heterocycles. The third-order valence-electron chi connectivity index (χ3n) is 3.51. The van der Waals surface area contributed by atoms with Crippen LogP contribution in [0.3, 0.4) is 0 Å². The zero-order valence-electron chi connectivity index (χ0n) is 12.5. The van der Waals surface area contributed by atoms with Gasteiger partial charge in [0.2, 0.25) is 0 Å². The van der Waals surface area contributed by atoms with E-state index in [1.807, 2.05) is 38.1 Å². The molecule has 21 heavy (non-hydrogen) atoms. The fourth-order valence-corrected chi connectivity index (χ4v) is 2.13. The van der Waals surface area contributed by atoms with E-state index in [-0.39, 0.29) is 6.61 Å². The SMILES string of the molecule is COC(=O)c1c(N)cccc1COc1cccc(C)c1C. The van der Waals surface area contributed by atoms with Crippen LogP contribution in [0, 0.1) is 13.8 Å². The first-order chi connectivity index (χ1) is 10.0. The van der Waals surface area contributed by atoms with E-state index in [0.29, 0.717) is 16.8 Å². The number of nitrogen functional groups attached to an aromatic ring is 1. The molecule has 0 heterocycles. The molecule has 2 N–H and O–H groups in total. The lowest BCUT2D eigenvalue weighted by atomic mass is 10.1. The average molecular weight is 285 g/mol. The van der Waals surface area contributed by atoms with Crippen LogP contribution in [0.5, 0.6) is 5.75 Å². The number of anilines is 1. The average Bonchev–Trinajstić information content (AvgIpc) is 2.48. The van der Waals surface area contributed by atoms with Crippen LogP contribution in [-0.4, -0.2) is 13.1 Å². The van der Waals surface area contributed by atoms with Crippen LogP contribution in [-0.2, 0) is 11.3 Å². The maximum atomic E-state index is 11.8. The van der Waals surface area contributed by atoms with Crippen molar-refractivity contribution in [3.05, 3.63) is 58.7 Å². The summed E-state index contributed by atoms with van der Waals surface area (Å²) in [6, 6.07) is 11.2. The summed E-state index contributed by atoms with van der Waals surface area (Å²) in [5.74, 6) is 0.348. The Morgan fingerprint density at radius 2 is 1.86 bits per heavy atom. The van der Waals surface area contributed by atoms with Crippen molar-refractivity contribution >= 4 is 11.7 Å². The Morgan fingerprint density at radius 1 is 1.14 bits per heavy atom. The molecule has 0 atom stereocenters. The monoisotopic (exact) mass is 285 g/mol. The zero-order valence-corrected chi connectivity index (χ0v) is 12.5. The van der Waals surface area contributed by atoms with E-state index in [4.69, 9.17) is 15.2 Å². The minimum atomic E-state index is -0.451. The highest BCUT2D eigenvalue weighted by Gasteiger charge is 2.16. The molecule has 2 aromatic rings. The number of carbonyl (C=O) groups excluding carboxylic acids is 1. The molecule has 0 aliphatic rings. The molecule has 0 aliphatic carbocycles. The summed E-state index contributed by atoms with van der Waals surface area (Å²) in [5, 5.41) is 0. The van der Waals surface area contributed by atoms with Crippen molar-refractivity contribution in [2.45, 2.75) is 20.5 Å². The van der Waals surface area contributed by atoms with E-state index in [0.717, 1.165) is 16.9 Å². The standard InChI is InChI=1S/C17H19NO3/c1-11-6-4-9-15(12(11)2)21-10-13-7-5-8-14(18)16(13)17(19)20-3/h4-9H,10,18H2,1-3H3. The van der Waals surface area contributed by atoms with Gasteiger partial charge in [0.05, 0.1) is 12.7 Å². The first-order valence-corrected chi connectivity index (χ1v) is 6.69. The van der Waals surface area contributed by atoms with Crippen molar-refractivity contribution in [3.63, 3.8) is 0 Å². The number of hydrogen-bond donors (Lipinski definition) is 1. The Hall–Kier alpha value is -2.49. The van der Waals surface area contributed by atoms with Gasteiger partial charge in [-0.05, 0) is 37.1 Å². The van der Waals surface area contributed by atoms with Gasteiger partial charge < -0.3 is 15.2 Å². The number of ether oxygens (including phenoxy) is 2. The van der Waals surface area contributed by atoms with Gasteiger partial charge in [-0.2, -0.15) is 0 Å². The molecule has 4 nitrogen and oxygen atoms in total. The minimum Gasteiger partial charge on any atom is -0.489 e. The van der Waals surface area contributed by atoms with E-state index >= 15 is 0 Å². The largest absolute Gasteiger partial charge is 0.489 e. The fraction of sp³-hybridized carbons (Fsp3) is 0.235. The molecule has 110 valence electrons. The molecule has 4 heteroatoms. The van der Waals surface area contributed by atoms with E-state index < -0.39 is 5.97 Å². The van der Waals surface area contributed by atoms with Crippen molar-refractivity contribution in [1.29, 1.82) is 0 Å². The smallest absolute Gasteiger partial charge is 0.340 e. The van der Waals surface area contributed by atoms with Gasteiger partial charge in [0.1, 0.15) is 12.4 Å². The van der Waals surface area contributed by atoms with E-state index in [9.17, 15) is 4.79 Å². The highest BCUT2D eigenvalue weighted by atomic mass is 16.5. The summed E-state index contributed by atoms with van der Waals surface area (Å²) in [4.78, 5) is 11.8. The molecule has 0 saturated carbocycles. The Kier molecular flexibility index (Phi) is 4.48. The summed E-state index contributed by atoms with van der Waals surface area (Å²) >= 11 is 0. The van der Waals surface area contributed by atoms with Gasteiger partial charge in [0.25, 0.3) is 0 Å². The molecule has 0 amide bonds. The van der Waals surface area contributed by atoms with Gasteiger partial charge in [-0.25, -0.2) is 4.79 Å². The molecule has 0 saturated heterocycles. The normalized spacial score (nSPS) is 10.2. The highest BCUT2D eigenvalue weighted by molar-refractivity contribution is 5.96. The van der Waals surface area contributed by atoms with Gasteiger partial charge in [-0.15, -0.1) is 0 Å². The number of rotatable bonds is 4. The van der Waals surface area contributed by atoms with Crippen LogP contribution in [0.1, 0.15) is 27.0 Å². The molecule has 0 fully saturated rings. The number of esters is 1. The number of aryl methyl sites for hydroxylation is 1. The number of carbonyl (C=O) groups is 1. The first kappa shape index (κ1) is 14.9. The van der Waals surface area contributed by atoms with Crippen molar-refractivity contribution in [2.24, 2.45) is 0 Å². The quantitative estimate of drug-likeness (QED) is 0.692. The van der Waals surface area contributed by atoms with Gasteiger partial charge in [-0.3, -0.25) is 0 Å². The molecule has 0 bridgehead atoms. The van der Waals surface area contributed by atoms with Crippen LogP contribution in [0.25, 0.3) is 0 Å². The molecule has 0 radical (unpaired) electrons. The molecule has 0 spiro atoms.